The van der Waals surface area contributed by atoms with Gasteiger partial charge in [0, 0.05) is 38.4 Å². The van der Waals surface area contributed by atoms with Crippen LogP contribution in [0.1, 0.15) is 45.1 Å². The molecule has 1 aromatic carbocycles. The van der Waals surface area contributed by atoms with Gasteiger partial charge in [0.05, 0.1) is 6.61 Å². The van der Waals surface area contributed by atoms with Gasteiger partial charge in [0.25, 0.3) is 0 Å². The largest absolute Gasteiger partial charge is 0.449 e. The van der Waals surface area contributed by atoms with Crippen LogP contribution in [-0.4, -0.2) is 55.7 Å². The molecule has 1 amide bonds. The fourth-order valence-corrected chi connectivity index (χ4v) is 3.20. The van der Waals surface area contributed by atoms with Crippen LogP contribution in [0.5, 0.6) is 0 Å². The minimum atomic E-state index is -0.355. The zero-order chi connectivity index (χ0) is 18.8. The Hall–Kier alpha value is -1.59. The van der Waals surface area contributed by atoms with Gasteiger partial charge in [-0.1, -0.05) is 45.2 Å². The normalized spacial score (nSPS) is 17.0. The van der Waals surface area contributed by atoms with Crippen molar-refractivity contribution in [3.8, 4) is 0 Å². The van der Waals surface area contributed by atoms with Crippen LogP contribution in [0.2, 0.25) is 0 Å². The maximum Gasteiger partial charge on any atom is 0.411 e. The van der Waals surface area contributed by atoms with E-state index in [2.05, 4.69) is 48.1 Å². The van der Waals surface area contributed by atoms with Crippen LogP contribution in [0.4, 0.5) is 10.5 Å². The van der Waals surface area contributed by atoms with Crippen molar-refractivity contribution < 1.29 is 9.53 Å². The molecule has 5 heteroatoms. The van der Waals surface area contributed by atoms with Crippen molar-refractivity contribution in [1.29, 1.82) is 0 Å². The fourth-order valence-electron chi connectivity index (χ4n) is 3.20. The van der Waals surface area contributed by atoms with Gasteiger partial charge >= 0.3 is 6.09 Å². The summed E-state index contributed by atoms with van der Waals surface area (Å²) < 4.78 is 5.39. The van der Waals surface area contributed by atoms with Crippen molar-refractivity contribution in [1.82, 2.24) is 9.80 Å². The molecule has 5 nitrogen and oxygen atoms in total. The minimum absolute atomic E-state index is 0.355. The molecule has 26 heavy (non-hydrogen) atoms. The lowest BCUT2D eigenvalue weighted by atomic mass is 10.0. The second kappa shape index (κ2) is 11.2. The highest BCUT2D eigenvalue weighted by Crippen LogP contribution is 2.15. The van der Waals surface area contributed by atoms with Crippen molar-refractivity contribution >= 4 is 11.8 Å². The van der Waals surface area contributed by atoms with Crippen molar-refractivity contribution in [2.45, 2.75) is 46.1 Å². The summed E-state index contributed by atoms with van der Waals surface area (Å²) in [6.07, 6.45) is 4.20. The van der Waals surface area contributed by atoms with E-state index in [4.69, 9.17) is 4.74 Å². The summed E-state index contributed by atoms with van der Waals surface area (Å²) in [6.45, 7) is 10.3. The molecule has 1 N–H and O–H groups in total. The summed E-state index contributed by atoms with van der Waals surface area (Å²) in [5, 5.41) is 2.83. The first-order chi connectivity index (χ1) is 12.6. The molecule has 1 heterocycles. The topological polar surface area (TPSA) is 44.8 Å². The van der Waals surface area contributed by atoms with Gasteiger partial charge in [0.2, 0.25) is 0 Å². The van der Waals surface area contributed by atoms with Crippen LogP contribution in [0.3, 0.4) is 0 Å². The summed E-state index contributed by atoms with van der Waals surface area (Å²) in [5.74, 6) is 0.465. The Morgan fingerprint density at radius 2 is 1.85 bits per heavy atom. The third kappa shape index (κ3) is 7.34. The van der Waals surface area contributed by atoms with Gasteiger partial charge in [-0.2, -0.15) is 0 Å². The molecular weight excluding hydrogens is 326 g/mol. The Morgan fingerprint density at radius 3 is 2.46 bits per heavy atom. The number of piperazine rings is 1. The maximum atomic E-state index is 12.0. The van der Waals surface area contributed by atoms with Gasteiger partial charge < -0.3 is 9.64 Å². The van der Waals surface area contributed by atoms with E-state index in [0.29, 0.717) is 12.5 Å². The molecule has 1 saturated heterocycles. The number of rotatable bonds is 9. The number of anilines is 1. The van der Waals surface area contributed by atoms with Gasteiger partial charge in [0.1, 0.15) is 0 Å². The summed E-state index contributed by atoms with van der Waals surface area (Å²) in [4.78, 5) is 16.8. The monoisotopic (exact) mass is 361 g/mol. The first-order valence-electron chi connectivity index (χ1n) is 10.0. The second-order valence-corrected chi connectivity index (χ2v) is 7.42. The minimum Gasteiger partial charge on any atom is -0.449 e. The van der Waals surface area contributed by atoms with Crippen LogP contribution in [-0.2, 0) is 11.3 Å². The number of carbonyl (C=O) groups is 1. The lowest BCUT2D eigenvalue weighted by Gasteiger charge is -2.32. The van der Waals surface area contributed by atoms with E-state index >= 15 is 0 Å². The molecule has 0 spiro atoms. The van der Waals surface area contributed by atoms with Gasteiger partial charge in [-0.05, 0) is 37.1 Å². The fraction of sp³-hybridized carbons (Fsp3) is 0.667. The molecule has 1 unspecified atom stereocenters. The van der Waals surface area contributed by atoms with E-state index in [1.807, 2.05) is 12.1 Å². The lowest BCUT2D eigenvalue weighted by Crippen LogP contribution is -2.43. The number of nitrogens with one attached hydrogen (secondary N) is 1. The number of unbranched alkanes of at least 4 members (excludes halogenated alkanes) is 1. The molecule has 1 aromatic rings. The number of nitrogens with zero attached hydrogens (tertiary/aromatic N) is 2. The van der Waals surface area contributed by atoms with E-state index < -0.39 is 0 Å². The van der Waals surface area contributed by atoms with Crippen LogP contribution in [0.25, 0.3) is 0 Å². The summed E-state index contributed by atoms with van der Waals surface area (Å²) in [6, 6.07) is 8.09. The van der Waals surface area contributed by atoms with Crippen molar-refractivity contribution in [3.05, 3.63) is 29.8 Å². The summed E-state index contributed by atoms with van der Waals surface area (Å²) in [5.41, 5.74) is 2.07. The average molecular weight is 362 g/mol. The number of amides is 1. The predicted octanol–water partition coefficient (Wildman–Crippen LogP) is 4.20. The number of hydrogen-bond donors (Lipinski definition) is 1. The van der Waals surface area contributed by atoms with E-state index in [1.165, 1.54) is 18.4 Å². The standard InChI is InChI=1S/C21H35N3O2/c1-4-6-7-18(5-2)17-26-21(25)22-20-10-8-19(9-11-20)16-24-14-12-23(3)13-15-24/h8-11,18H,4-7,12-17H2,1-3H3,(H,22,25). The van der Waals surface area contributed by atoms with E-state index in [-0.39, 0.29) is 6.09 Å². The molecule has 1 atom stereocenters. The predicted molar refractivity (Wildman–Crippen MR) is 107 cm³/mol. The zero-order valence-electron chi connectivity index (χ0n) is 16.7. The zero-order valence-corrected chi connectivity index (χ0v) is 16.7. The number of ether oxygens (including phenoxy) is 1. The molecule has 1 aliphatic heterocycles. The Kier molecular flexibility index (Phi) is 8.92. The molecule has 1 fully saturated rings. The Labute approximate surface area is 158 Å². The number of carbonyl (C=O) groups excluding carboxylic acids is 1. The smallest absolute Gasteiger partial charge is 0.411 e. The molecule has 0 bridgehead atoms. The van der Waals surface area contributed by atoms with E-state index in [0.717, 1.165) is 51.3 Å². The highest BCUT2D eigenvalue weighted by molar-refractivity contribution is 5.84. The molecule has 0 radical (unpaired) electrons. The lowest BCUT2D eigenvalue weighted by molar-refractivity contribution is 0.136. The highest BCUT2D eigenvalue weighted by Gasteiger charge is 2.14. The van der Waals surface area contributed by atoms with Crippen molar-refractivity contribution in [3.63, 3.8) is 0 Å². The molecule has 0 aromatic heterocycles. The molecule has 0 saturated carbocycles. The summed E-state index contributed by atoms with van der Waals surface area (Å²) in [7, 11) is 2.17. The van der Waals surface area contributed by atoms with Gasteiger partial charge in [-0.15, -0.1) is 0 Å². The van der Waals surface area contributed by atoms with Crippen LogP contribution < -0.4 is 5.32 Å². The molecule has 0 aliphatic carbocycles. The number of benzene rings is 1. The number of likely N-dealkylation sites (N-methyl/N-ethyl adjacent to an activating group) is 1. The SMILES string of the molecule is CCCCC(CC)COC(=O)Nc1ccc(CN2CCN(C)CC2)cc1. The number of hydrogen-bond acceptors (Lipinski definition) is 4. The Bertz CT molecular complexity index is 525. The van der Waals surface area contributed by atoms with E-state index in [1.54, 1.807) is 0 Å². The van der Waals surface area contributed by atoms with Crippen LogP contribution in [0.15, 0.2) is 24.3 Å². The Balaban J connectivity index is 1.73. The maximum absolute atomic E-state index is 12.0. The first-order valence-corrected chi connectivity index (χ1v) is 10.0. The molecule has 1 aliphatic rings. The quantitative estimate of drug-likeness (QED) is 0.716. The molecule has 146 valence electrons. The average Bonchev–Trinajstić information content (AvgIpc) is 2.65. The van der Waals surface area contributed by atoms with Crippen LogP contribution >= 0.6 is 0 Å². The molecular formula is C21H35N3O2. The van der Waals surface area contributed by atoms with E-state index in [9.17, 15) is 4.79 Å². The second-order valence-electron chi connectivity index (χ2n) is 7.42. The van der Waals surface area contributed by atoms with Gasteiger partial charge in [-0.3, -0.25) is 10.2 Å². The Morgan fingerprint density at radius 1 is 1.15 bits per heavy atom. The van der Waals surface area contributed by atoms with Crippen molar-refractivity contribution in [2.75, 3.05) is 45.2 Å². The third-order valence-corrected chi connectivity index (χ3v) is 5.20. The highest BCUT2D eigenvalue weighted by atomic mass is 16.5. The van der Waals surface area contributed by atoms with Gasteiger partial charge in [0.15, 0.2) is 0 Å². The summed E-state index contributed by atoms with van der Waals surface area (Å²) >= 11 is 0. The van der Waals surface area contributed by atoms with Gasteiger partial charge in [-0.25, -0.2) is 4.79 Å². The third-order valence-electron chi connectivity index (χ3n) is 5.20. The first kappa shape index (κ1) is 20.7. The molecule has 2 rings (SSSR count). The van der Waals surface area contributed by atoms with Crippen molar-refractivity contribution in [2.24, 2.45) is 5.92 Å². The van der Waals surface area contributed by atoms with Crippen LogP contribution in [0, 0.1) is 5.92 Å².